The van der Waals surface area contributed by atoms with Gasteiger partial charge in [-0.05, 0) is 48.0 Å². The van der Waals surface area contributed by atoms with Crippen molar-refractivity contribution in [3.8, 4) is 28.6 Å². The highest BCUT2D eigenvalue weighted by molar-refractivity contribution is 5.77. The van der Waals surface area contributed by atoms with E-state index in [2.05, 4.69) is 27.2 Å². The summed E-state index contributed by atoms with van der Waals surface area (Å²) in [7, 11) is 0. The number of rotatable bonds is 7. The Hall–Kier alpha value is -4.04. The summed E-state index contributed by atoms with van der Waals surface area (Å²) in [4.78, 5) is 21.2. The summed E-state index contributed by atoms with van der Waals surface area (Å²) in [5.74, 6) is 1.13. The molecule has 1 aliphatic rings. The minimum Gasteiger partial charge on any atom is -0.484 e. The number of carbonyl (C=O) groups excluding carboxylic acids is 1. The van der Waals surface area contributed by atoms with Crippen molar-refractivity contribution >= 4 is 5.91 Å². The molecule has 2 heterocycles. The van der Waals surface area contributed by atoms with Crippen molar-refractivity contribution < 1.29 is 18.4 Å². The van der Waals surface area contributed by atoms with E-state index in [0.717, 1.165) is 36.3 Å². The summed E-state index contributed by atoms with van der Waals surface area (Å²) < 4.78 is 23.9. The Bertz CT molecular complexity index is 1270. The topological polar surface area (TPSA) is 71.7 Å². The molecule has 1 saturated heterocycles. The Morgan fingerprint density at radius 2 is 1.66 bits per heavy atom. The minimum absolute atomic E-state index is 0.0522. The molecule has 5 rings (SSSR count). The van der Waals surface area contributed by atoms with Gasteiger partial charge in [0.15, 0.2) is 6.61 Å². The van der Waals surface area contributed by atoms with E-state index < -0.39 is 0 Å². The maximum Gasteiger partial charge on any atom is 0.260 e. The van der Waals surface area contributed by atoms with Gasteiger partial charge in [-0.1, -0.05) is 41.6 Å². The Balaban J connectivity index is 1.14. The number of benzene rings is 3. The van der Waals surface area contributed by atoms with E-state index in [-0.39, 0.29) is 18.3 Å². The molecule has 0 radical (unpaired) electrons. The molecule has 7 nitrogen and oxygen atoms in total. The zero-order valence-electron chi connectivity index (χ0n) is 19.1. The maximum absolute atomic E-state index is 13.0. The van der Waals surface area contributed by atoms with Crippen LogP contribution >= 0.6 is 0 Å². The monoisotopic (exact) mass is 472 g/mol. The predicted octanol–water partition coefficient (Wildman–Crippen LogP) is 4.27. The summed E-state index contributed by atoms with van der Waals surface area (Å²) in [6, 6.07) is 23.5. The van der Waals surface area contributed by atoms with Gasteiger partial charge in [0.25, 0.3) is 11.8 Å². The van der Waals surface area contributed by atoms with Crippen LogP contribution in [0.3, 0.4) is 0 Å². The van der Waals surface area contributed by atoms with Gasteiger partial charge in [0.2, 0.25) is 5.82 Å². The number of carbonyl (C=O) groups is 1. The fraction of sp³-hybridized carbons (Fsp3) is 0.222. The summed E-state index contributed by atoms with van der Waals surface area (Å²) >= 11 is 0. The molecule has 1 fully saturated rings. The van der Waals surface area contributed by atoms with Gasteiger partial charge in [0.1, 0.15) is 11.6 Å². The first-order chi connectivity index (χ1) is 17.1. The maximum atomic E-state index is 13.0. The van der Waals surface area contributed by atoms with Gasteiger partial charge in [0, 0.05) is 43.9 Å². The van der Waals surface area contributed by atoms with Crippen molar-refractivity contribution in [2.45, 2.75) is 6.54 Å². The summed E-state index contributed by atoms with van der Waals surface area (Å²) in [5.41, 5.74) is 2.94. The van der Waals surface area contributed by atoms with Gasteiger partial charge >= 0.3 is 0 Å². The van der Waals surface area contributed by atoms with Gasteiger partial charge in [-0.25, -0.2) is 4.39 Å². The molecule has 1 aliphatic heterocycles. The molecule has 3 aromatic carbocycles. The third kappa shape index (κ3) is 5.73. The zero-order chi connectivity index (χ0) is 24.0. The lowest BCUT2D eigenvalue weighted by Gasteiger charge is -2.34. The van der Waals surface area contributed by atoms with Gasteiger partial charge in [-0.15, -0.1) is 0 Å². The Morgan fingerprint density at radius 1 is 0.914 bits per heavy atom. The molecule has 1 aromatic heterocycles. The highest BCUT2D eigenvalue weighted by Gasteiger charge is 2.22. The van der Waals surface area contributed by atoms with E-state index in [9.17, 15) is 9.18 Å². The molecule has 0 spiro atoms. The number of hydrogen-bond donors (Lipinski definition) is 0. The van der Waals surface area contributed by atoms with Crippen LogP contribution in [0.5, 0.6) is 5.75 Å². The molecule has 1 amide bonds. The van der Waals surface area contributed by atoms with E-state index in [0.29, 0.717) is 30.6 Å². The van der Waals surface area contributed by atoms with Crippen LogP contribution < -0.4 is 4.74 Å². The normalized spacial score (nSPS) is 14.1. The number of nitrogens with zero attached hydrogens (tertiary/aromatic N) is 4. The van der Waals surface area contributed by atoms with Crippen molar-refractivity contribution in [1.29, 1.82) is 0 Å². The molecule has 0 saturated carbocycles. The average Bonchev–Trinajstić information content (AvgIpc) is 3.40. The molecule has 0 bridgehead atoms. The number of hydrogen-bond acceptors (Lipinski definition) is 6. The van der Waals surface area contributed by atoms with Crippen LogP contribution in [-0.4, -0.2) is 58.6 Å². The molecular formula is C27H25FN4O3. The molecule has 4 aromatic rings. The third-order valence-corrected chi connectivity index (χ3v) is 5.94. The Morgan fingerprint density at radius 3 is 2.43 bits per heavy atom. The smallest absolute Gasteiger partial charge is 0.260 e. The van der Waals surface area contributed by atoms with E-state index >= 15 is 0 Å². The highest BCUT2D eigenvalue weighted by Crippen LogP contribution is 2.23. The van der Waals surface area contributed by atoms with Gasteiger partial charge in [-0.3, -0.25) is 9.69 Å². The van der Waals surface area contributed by atoms with Crippen LogP contribution in [0.25, 0.3) is 22.8 Å². The molecule has 0 aliphatic carbocycles. The number of ether oxygens (including phenoxy) is 1. The van der Waals surface area contributed by atoms with Crippen LogP contribution in [0, 0.1) is 5.82 Å². The van der Waals surface area contributed by atoms with Crippen molar-refractivity contribution in [3.63, 3.8) is 0 Å². The summed E-state index contributed by atoms with van der Waals surface area (Å²) in [6.45, 7) is 3.53. The first kappa shape index (κ1) is 22.7. The zero-order valence-corrected chi connectivity index (χ0v) is 19.1. The number of piperazine rings is 1. The Kier molecular flexibility index (Phi) is 6.81. The molecule has 8 heteroatoms. The minimum atomic E-state index is -0.334. The quantitative estimate of drug-likeness (QED) is 0.400. The second-order valence-electron chi connectivity index (χ2n) is 8.39. The van der Waals surface area contributed by atoms with Crippen LogP contribution in [0.15, 0.2) is 83.4 Å². The van der Waals surface area contributed by atoms with Gasteiger partial charge in [0.05, 0.1) is 0 Å². The number of aromatic nitrogens is 2. The molecule has 35 heavy (non-hydrogen) atoms. The molecule has 0 N–H and O–H groups in total. The van der Waals surface area contributed by atoms with E-state index in [4.69, 9.17) is 9.26 Å². The summed E-state index contributed by atoms with van der Waals surface area (Å²) in [5, 5.41) is 4.15. The van der Waals surface area contributed by atoms with Crippen molar-refractivity contribution in [3.05, 3.63) is 90.2 Å². The Labute approximate surface area is 202 Å². The van der Waals surface area contributed by atoms with E-state index in [1.807, 2.05) is 42.5 Å². The molecular weight excluding hydrogens is 447 g/mol. The first-order valence-electron chi connectivity index (χ1n) is 11.5. The fourth-order valence-corrected chi connectivity index (χ4v) is 4.03. The largest absolute Gasteiger partial charge is 0.484 e. The van der Waals surface area contributed by atoms with Crippen molar-refractivity contribution in [2.24, 2.45) is 0 Å². The summed E-state index contributed by atoms with van der Waals surface area (Å²) in [6.07, 6.45) is 0. The first-order valence-corrected chi connectivity index (χ1v) is 11.5. The van der Waals surface area contributed by atoms with Crippen LogP contribution in [0.4, 0.5) is 4.39 Å². The van der Waals surface area contributed by atoms with Crippen LogP contribution in [0.1, 0.15) is 5.56 Å². The number of amides is 1. The van der Waals surface area contributed by atoms with Gasteiger partial charge in [-0.2, -0.15) is 4.98 Å². The average molecular weight is 473 g/mol. The fourth-order valence-electron chi connectivity index (χ4n) is 4.03. The lowest BCUT2D eigenvalue weighted by Crippen LogP contribution is -2.49. The second-order valence-corrected chi connectivity index (χ2v) is 8.39. The van der Waals surface area contributed by atoms with Crippen molar-refractivity contribution in [1.82, 2.24) is 19.9 Å². The highest BCUT2D eigenvalue weighted by atomic mass is 19.1. The third-order valence-electron chi connectivity index (χ3n) is 5.94. The van der Waals surface area contributed by atoms with Gasteiger partial charge < -0.3 is 14.2 Å². The molecule has 0 unspecified atom stereocenters. The standard InChI is InChI=1S/C27H25FN4O3/c28-23-9-11-24(12-10-23)34-19-25(33)32-15-13-31(14-16-32)18-20-5-4-8-22(17-20)26-29-27(35-30-26)21-6-2-1-3-7-21/h1-12,17H,13-16,18-19H2. The lowest BCUT2D eigenvalue weighted by molar-refractivity contribution is -0.135. The molecule has 0 atom stereocenters. The predicted molar refractivity (Wildman–Crippen MR) is 129 cm³/mol. The molecule has 178 valence electrons. The van der Waals surface area contributed by atoms with Crippen LogP contribution in [-0.2, 0) is 11.3 Å². The van der Waals surface area contributed by atoms with Crippen LogP contribution in [0.2, 0.25) is 0 Å². The second kappa shape index (κ2) is 10.5. The lowest BCUT2D eigenvalue weighted by atomic mass is 10.1. The van der Waals surface area contributed by atoms with E-state index in [1.54, 1.807) is 4.90 Å². The SMILES string of the molecule is O=C(COc1ccc(F)cc1)N1CCN(Cc2cccc(-c3noc(-c4ccccc4)n3)c2)CC1. The van der Waals surface area contributed by atoms with E-state index in [1.165, 1.54) is 24.3 Å². The number of halogens is 1. The van der Waals surface area contributed by atoms with Crippen molar-refractivity contribution in [2.75, 3.05) is 32.8 Å².